The van der Waals surface area contributed by atoms with Crippen LogP contribution in [-0.4, -0.2) is 27.6 Å². The number of carbonyl (C=O) groups is 1. The van der Waals surface area contributed by atoms with Crippen molar-refractivity contribution in [1.29, 1.82) is 0 Å². The second-order valence-electron chi connectivity index (χ2n) is 3.92. The minimum absolute atomic E-state index is 0.0687. The van der Waals surface area contributed by atoms with Gasteiger partial charge < -0.3 is 10.6 Å². The van der Waals surface area contributed by atoms with E-state index in [1.54, 1.807) is 18.2 Å². The van der Waals surface area contributed by atoms with Gasteiger partial charge in [0.25, 0.3) is 0 Å². The van der Waals surface area contributed by atoms with Crippen molar-refractivity contribution in [1.82, 2.24) is 15.2 Å². The van der Waals surface area contributed by atoms with Gasteiger partial charge in [0.2, 0.25) is 5.91 Å². The van der Waals surface area contributed by atoms with Gasteiger partial charge in [0.05, 0.1) is 6.54 Å². The molecule has 0 radical (unpaired) electrons. The molecule has 9 heteroatoms. The second kappa shape index (κ2) is 6.16. The first-order valence-electron chi connectivity index (χ1n) is 5.81. The van der Waals surface area contributed by atoms with Crippen LogP contribution in [0.2, 0.25) is 0 Å². The molecule has 2 heterocycles. The predicted octanol–water partition coefficient (Wildman–Crippen LogP) is 1.94. The first-order valence-corrected chi connectivity index (χ1v) is 5.81. The molecule has 0 unspecified atom stereocenters. The minimum atomic E-state index is -4.54. The molecule has 2 aromatic rings. The number of halogens is 3. The van der Waals surface area contributed by atoms with E-state index < -0.39 is 17.8 Å². The number of hydrogen-bond donors (Lipinski definition) is 2. The molecule has 0 atom stereocenters. The molecule has 0 saturated carbocycles. The molecule has 0 bridgehead atoms. The Morgan fingerprint density at radius 2 is 1.90 bits per heavy atom. The second-order valence-corrected chi connectivity index (χ2v) is 3.92. The molecule has 2 aromatic heterocycles. The number of amides is 1. The van der Waals surface area contributed by atoms with Gasteiger partial charge in [-0.1, -0.05) is 6.07 Å². The van der Waals surface area contributed by atoms with Crippen LogP contribution in [-0.2, 0) is 11.0 Å². The average molecular weight is 297 g/mol. The number of pyridine rings is 1. The fourth-order valence-corrected chi connectivity index (χ4v) is 1.37. The lowest BCUT2D eigenvalue weighted by atomic mass is 10.4. The van der Waals surface area contributed by atoms with Gasteiger partial charge in [-0.3, -0.25) is 4.79 Å². The Balaban J connectivity index is 1.87. The molecule has 0 aliphatic heterocycles. The number of hydrogen-bond acceptors (Lipinski definition) is 5. The highest BCUT2D eigenvalue weighted by atomic mass is 19.4. The summed E-state index contributed by atoms with van der Waals surface area (Å²) in [5.74, 6) is 0.0392. The van der Waals surface area contributed by atoms with Gasteiger partial charge in [-0.2, -0.15) is 13.2 Å². The van der Waals surface area contributed by atoms with Crippen molar-refractivity contribution < 1.29 is 18.0 Å². The fraction of sp³-hybridized carbons (Fsp3) is 0.167. The lowest BCUT2D eigenvalue weighted by molar-refractivity contribution is -0.141. The zero-order valence-corrected chi connectivity index (χ0v) is 10.6. The Labute approximate surface area is 117 Å². The van der Waals surface area contributed by atoms with E-state index in [1.807, 2.05) is 0 Å². The molecule has 2 N–H and O–H groups in total. The highest BCUT2D eigenvalue weighted by Gasteiger charge is 2.32. The standard InChI is InChI=1S/C12H10F3N5O/c13-12(14,15)8-4-5-10(20-19-8)17-7-11(21)18-9-3-1-2-6-16-9/h1-6H,7H2,(H,17,20)(H,16,18,21). The molecule has 0 fully saturated rings. The van der Waals surface area contributed by atoms with Crippen molar-refractivity contribution in [2.75, 3.05) is 17.2 Å². The topological polar surface area (TPSA) is 79.8 Å². The third-order valence-corrected chi connectivity index (χ3v) is 2.32. The van der Waals surface area contributed by atoms with Crippen molar-refractivity contribution >= 4 is 17.5 Å². The molecule has 0 saturated heterocycles. The van der Waals surface area contributed by atoms with Gasteiger partial charge in [-0.25, -0.2) is 4.98 Å². The molecule has 6 nitrogen and oxygen atoms in total. The first kappa shape index (κ1) is 14.7. The van der Waals surface area contributed by atoms with Crippen LogP contribution >= 0.6 is 0 Å². The molecule has 1 amide bonds. The summed E-state index contributed by atoms with van der Waals surface area (Å²) in [7, 11) is 0. The van der Waals surface area contributed by atoms with Crippen LogP contribution in [0.25, 0.3) is 0 Å². The molecule has 110 valence electrons. The summed E-state index contributed by atoms with van der Waals surface area (Å²) >= 11 is 0. The molecule has 2 rings (SSSR count). The third-order valence-electron chi connectivity index (χ3n) is 2.32. The minimum Gasteiger partial charge on any atom is -0.360 e. The smallest absolute Gasteiger partial charge is 0.360 e. The van der Waals surface area contributed by atoms with E-state index in [0.29, 0.717) is 5.82 Å². The van der Waals surface area contributed by atoms with Gasteiger partial charge in [0.15, 0.2) is 5.69 Å². The highest BCUT2D eigenvalue weighted by molar-refractivity contribution is 5.92. The quantitative estimate of drug-likeness (QED) is 0.901. The highest BCUT2D eigenvalue weighted by Crippen LogP contribution is 2.26. The molecule has 0 aliphatic carbocycles. The Kier molecular flexibility index (Phi) is 4.31. The average Bonchev–Trinajstić information content (AvgIpc) is 2.46. The van der Waals surface area contributed by atoms with Crippen LogP contribution in [0.5, 0.6) is 0 Å². The van der Waals surface area contributed by atoms with E-state index in [4.69, 9.17) is 0 Å². The van der Waals surface area contributed by atoms with Gasteiger partial charge in [0.1, 0.15) is 11.6 Å². The van der Waals surface area contributed by atoms with E-state index in [9.17, 15) is 18.0 Å². The van der Waals surface area contributed by atoms with Crippen LogP contribution in [0, 0.1) is 0 Å². The van der Waals surface area contributed by atoms with Gasteiger partial charge in [0, 0.05) is 6.20 Å². The Hall–Kier alpha value is -2.71. The Morgan fingerprint density at radius 3 is 2.48 bits per heavy atom. The van der Waals surface area contributed by atoms with Crippen LogP contribution in [0.1, 0.15) is 5.69 Å². The molecule has 0 aliphatic rings. The van der Waals surface area contributed by atoms with E-state index in [1.165, 1.54) is 6.20 Å². The molecular formula is C12H10F3N5O. The van der Waals surface area contributed by atoms with E-state index in [0.717, 1.165) is 12.1 Å². The summed E-state index contributed by atoms with van der Waals surface area (Å²) in [6.07, 6.45) is -3.02. The SMILES string of the molecule is O=C(CNc1ccc(C(F)(F)F)nn1)Nc1ccccn1. The zero-order valence-electron chi connectivity index (χ0n) is 10.6. The van der Waals surface area contributed by atoms with Crippen LogP contribution in [0.15, 0.2) is 36.5 Å². The molecule has 0 aromatic carbocycles. The lowest BCUT2D eigenvalue weighted by Gasteiger charge is -2.07. The van der Waals surface area contributed by atoms with Crippen molar-refractivity contribution in [2.24, 2.45) is 0 Å². The largest absolute Gasteiger partial charge is 0.435 e. The lowest BCUT2D eigenvalue weighted by Crippen LogP contribution is -2.23. The van der Waals surface area contributed by atoms with Gasteiger partial charge >= 0.3 is 6.18 Å². The molecular weight excluding hydrogens is 287 g/mol. The number of carbonyl (C=O) groups excluding carboxylic acids is 1. The summed E-state index contributed by atoms with van der Waals surface area (Å²) in [5, 5.41) is 11.4. The van der Waals surface area contributed by atoms with Crippen molar-refractivity contribution in [3.8, 4) is 0 Å². The number of aromatic nitrogens is 3. The summed E-state index contributed by atoms with van der Waals surface area (Å²) in [4.78, 5) is 15.5. The summed E-state index contributed by atoms with van der Waals surface area (Å²) < 4.78 is 36.8. The fourth-order valence-electron chi connectivity index (χ4n) is 1.37. The third kappa shape index (κ3) is 4.41. The number of rotatable bonds is 4. The van der Waals surface area contributed by atoms with Crippen molar-refractivity contribution in [3.63, 3.8) is 0 Å². The molecule has 21 heavy (non-hydrogen) atoms. The maximum atomic E-state index is 12.3. The first-order chi connectivity index (χ1) is 9.95. The number of anilines is 2. The Bertz CT molecular complexity index is 601. The maximum absolute atomic E-state index is 12.3. The summed E-state index contributed by atoms with van der Waals surface area (Å²) in [6, 6.07) is 6.90. The van der Waals surface area contributed by atoms with Crippen molar-refractivity contribution in [2.45, 2.75) is 6.18 Å². The maximum Gasteiger partial charge on any atom is 0.435 e. The number of nitrogens with zero attached hydrogens (tertiary/aromatic N) is 3. The number of nitrogens with one attached hydrogen (secondary N) is 2. The predicted molar refractivity (Wildman–Crippen MR) is 68.4 cm³/mol. The zero-order chi connectivity index (χ0) is 15.3. The monoisotopic (exact) mass is 297 g/mol. The Morgan fingerprint density at radius 1 is 1.10 bits per heavy atom. The van der Waals surface area contributed by atoms with Crippen LogP contribution in [0.3, 0.4) is 0 Å². The van der Waals surface area contributed by atoms with Gasteiger partial charge in [-0.05, 0) is 24.3 Å². The van der Waals surface area contributed by atoms with Crippen LogP contribution < -0.4 is 10.6 Å². The van der Waals surface area contributed by atoms with E-state index in [-0.39, 0.29) is 12.4 Å². The summed E-state index contributed by atoms with van der Waals surface area (Å²) in [6.45, 7) is -0.170. The van der Waals surface area contributed by atoms with Crippen molar-refractivity contribution in [3.05, 3.63) is 42.2 Å². The van der Waals surface area contributed by atoms with E-state index >= 15 is 0 Å². The van der Waals surface area contributed by atoms with Crippen LogP contribution in [0.4, 0.5) is 24.8 Å². The normalized spacial score (nSPS) is 11.0. The summed E-state index contributed by atoms with van der Waals surface area (Å²) in [5.41, 5.74) is -1.09. The molecule has 0 spiro atoms. The van der Waals surface area contributed by atoms with Gasteiger partial charge in [-0.15, -0.1) is 10.2 Å². The van der Waals surface area contributed by atoms with E-state index in [2.05, 4.69) is 25.8 Å². The number of alkyl halides is 3.